The van der Waals surface area contributed by atoms with Crippen LogP contribution >= 0.6 is 11.6 Å². The van der Waals surface area contributed by atoms with Crippen molar-refractivity contribution < 1.29 is 13.2 Å². The molecule has 0 atom stereocenters. The van der Waals surface area contributed by atoms with Crippen molar-refractivity contribution in [3.8, 4) is 5.75 Å². The van der Waals surface area contributed by atoms with Gasteiger partial charge in [-0.05, 0) is 43.7 Å². The van der Waals surface area contributed by atoms with Crippen LogP contribution in [0.3, 0.4) is 0 Å². The Hall–Kier alpha value is -1.72. The van der Waals surface area contributed by atoms with Gasteiger partial charge in [0.05, 0.1) is 7.11 Å². The zero-order valence-electron chi connectivity index (χ0n) is 12.0. The summed E-state index contributed by atoms with van der Waals surface area (Å²) in [5.74, 6) is 0.261. The Morgan fingerprint density at radius 1 is 1.10 bits per heavy atom. The van der Waals surface area contributed by atoms with Crippen LogP contribution in [-0.4, -0.2) is 15.5 Å². The normalized spacial score (nSPS) is 11.2. The zero-order chi connectivity index (χ0) is 15.6. The predicted molar refractivity (Wildman–Crippen MR) is 84.7 cm³/mol. The smallest absolute Gasteiger partial charge is 0.265 e. The summed E-state index contributed by atoms with van der Waals surface area (Å²) in [7, 11) is -2.34. The summed E-state index contributed by atoms with van der Waals surface area (Å²) in [4.78, 5) is 0.0150. The molecule has 0 amide bonds. The van der Waals surface area contributed by atoms with Crippen LogP contribution in [0.5, 0.6) is 5.75 Å². The first kappa shape index (κ1) is 15.7. The standard InChI is InChI=1S/C15H16ClNO3S/c1-10-4-6-12(7-5-10)17-21(18,19)15-9-13(16)11(2)8-14(15)20-3/h4-9,17H,1-3H3. The van der Waals surface area contributed by atoms with Gasteiger partial charge in [-0.3, -0.25) is 4.72 Å². The van der Waals surface area contributed by atoms with Gasteiger partial charge in [-0.15, -0.1) is 0 Å². The molecule has 0 aliphatic heterocycles. The summed E-state index contributed by atoms with van der Waals surface area (Å²) in [5, 5.41) is 0.375. The van der Waals surface area contributed by atoms with Gasteiger partial charge >= 0.3 is 0 Å². The number of ether oxygens (including phenoxy) is 1. The molecular formula is C15H16ClNO3S. The molecule has 0 aliphatic rings. The van der Waals surface area contributed by atoms with Gasteiger partial charge in [0.1, 0.15) is 10.6 Å². The largest absolute Gasteiger partial charge is 0.495 e. The minimum absolute atomic E-state index is 0.0150. The molecule has 0 radical (unpaired) electrons. The van der Waals surface area contributed by atoms with Crippen molar-refractivity contribution >= 4 is 27.3 Å². The van der Waals surface area contributed by atoms with Crippen LogP contribution in [0.2, 0.25) is 5.02 Å². The average Bonchev–Trinajstić information content (AvgIpc) is 2.43. The fourth-order valence-electron chi connectivity index (χ4n) is 1.84. The van der Waals surface area contributed by atoms with E-state index in [4.69, 9.17) is 16.3 Å². The lowest BCUT2D eigenvalue weighted by atomic mass is 10.2. The monoisotopic (exact) mass is 325 g/mol. The third kappa shape index (κ3) is 3.49. The van der Waals surface area contributed by atoms with Crippen LogP contribution in [0, 0.1) is 13.8 Å². The lowest BCUT2D eigenvalue weighted by molar-refractivity contribution is 0.402. The Kier molecular flexibility index (Phi) is 4.44. The van der Waals surface area contributed by atoms with Crippen LogP contribution < -0.4 is 9.46 Å². The third-order valence-corrected chi connectivity index (χ3v) is 4.85. The maximum Gasteiger partial charge on any atom is 0.265 e. The summed E-state index contributed by atoms with van der Waals surface area (Å²) >= 11 is 6.02. The first-order chi connectivity index (χ1) is 9.83. The predicted octanol–water partition coefficient (Wildman–Crippen LogP) is 3.77. The molecule has 0 aliphatic carbocycles. The highest BCUT2D eigenvalue weighted by Gasteiger charge is 2.21. The molecule has 1 N–H and O–H groups in total. The van der Waals surface area contributed by atoms with Crippen molar-refractivity contribution in [2.45, 2.75) is 18.7 Å². The van der Waals surface area contributed by atoms with Crippen LogP contribution in [-0.2, 0) is 10.0 Å². The molecule has 6 heteroatoms. The van der Waals surface area contributed by atoms with Gasteiger partial charge in [0, 0.05) is 10.7 Å². The van der Waals surface area contributed by atoms with Gasteiger partial charge in [-0.2, -0.15) is 0 Å². The lowest BCUT2D eigenvalue weighted by Crippen LogP contribution is -2.14. The second-order valence-corrected chi connectivity index (χ2v) is 6.78. The van der Waals surface area contributed by atoms with Crippen molar-refractivity contribution in [1.29, 1.82) is 0 Å². The van der Waals surface area contributed by atoms with E-state index in [1.807, 2.05) is 19.1 Å². The van der Waals surface area contributed by atoms with E-state index < -0.39 is 10.0 Å². The molecule has 0 unspecified atom stereocenters. The molecule has 4 nitrogen and oxygen atoms in total. The number of hydrogen-bond donors (Lipinski definition) is 1. The molecule has 0 saturated carbocycles. The number of aryl methyl sites for hydroxylation is 2. The number of sulfonamides is 1. The highest BCUT2D eigenvalue weighted by atomic mass is 35.5. The molecule has 2 rings (SSSR count). The van der Waals surface area contributed by atoms with E-state index in [1.54, 1.807) is 25.1 Å². The zero-order valence-corrected chi connectivity index (χ0v) is 13.5. The van der Waals surface area contributed by atoms with E-state index in [1.165, 1.54) is 13.2 Å². The van der Waals surface area contributed by atoms with E-state index in [-0.39, 0.29) is 10.6 Å². The Balaban J connectivity index is 2.44. The molecule has 0 bridgehead atoms. The van der Waals surface area contributed by atoms with E-state index in [2.05, 4.69) is 4.72 Å². The van der Waals surface area contributed by atoms with Gasteiger partial charge < -0.3 is 4.74 Å². The molecular weight excluding hydrogens is 310 g/mol. The number of nitrogens with one attached hydrogen (secondary N) is 1. The molecule has 2 aromatic rings. The minimum Gasteiger partial charge on any atom is -0.495 e. The number of hydrogen-bond acceptors (Lipinski definition) is 3. The van der Waals surface area contributed by atoms with Crippen LogP contribution in [0.25, 0.3) is 0 Å². The molecule has 0 fully saturated rings. The Morgan fingerprint density at radius 3 is 2.29 bits per heavy atom. The van der Waals surface area contributed by atoms with E-state index in [9.17, 15) is 8.42 Å². The van der Waals surface area contributed by atoms with Crippen molar-refractivity contribution in [2.75, 3.05) is 11.8 Å². The number of halogens is 1. The molecule has 0 saturated heterocycles. The van der Waals surface area contributed by atoms with Crippen LogP contribution in [0.1, 0.15) is 11.1 Å². The van der Waals surface area contributed by atoms with Crippen LogP contribution in [0.4, 0.5) is 5.69 Å². The molecule has 0 heterocycles. The van der Waals surface area contributed by atoms with Crippen molar-refractivity contribution in [3.05, 3.63) is 52.5 Å². The number of methoxy groups -OCH3 is 1. The SMILES string of the molecule is COc1cc(C)c(Cl)cc1S(=O)(=O)Nc1ccc(C)cc1. The summed E-state index contributed by atoms with van der Waals surface area (Å²) < 4.78 is 32.6. The molecule has 21 heavy (non-hydrogen) atoms. The maximum absolute atomic E-state index is 12.5. The number of rotatable bonds is 4. The second kappa shape index (κ2) is 5.95. The van der Waals surface area contributed by atoms with Gasteiger partial charge in [-0.25, -0.2) is 8.42 Å². The number of anilines is 1. The summed E-state index contributed by atoms with van der Waals surface area (Å²) in [6.07, 6.45) is 0. The Bertz CT molecular complexity index is 755. The summed E-state index contributed by atoms with van der Waals surface area (Å²) in [5.41, 5.74) is 2.29. The second-order valence-electron chi connectivity index (χ2n) is 4.72. The molecule has 2 aromatic carbocycles. The molecule has 0 spiro atoms. The van der Waals surface area contributed by atoms with E-state index in [0.29, 0.717) is 10.7 Å². The average molecular weight is 326 g/mol. The van der Waals surface area contributed by atoms with Crippen molar-refractivity contribution in [1.82, 2.24) is 0 Å². The fourth-order valence-corrected chi connectivity index (χ4v) is 3.30. The number of benzene rings is 2. The highest BCUT2D eigenvalue weighted by Crippen LogP contribution is 2.31. The third-order valence-electron chi connectivity index (χ3n) is 3.04. The first-order valence-electron chi connectivity index (χ1n) is 6.27. The van der Waals surface area contributed by atoms with Crippen LogP contribution in [0.15, 0.2) is 41.3 Å². The quantitative estimate of drug-likeness (QED) is 0.931. The van der Waals surface area contributed by atoms with Gasteiger partial charge in [0.25, 0.3) is 10.0 Å². The summed E-state index contributed by atoms with van der Waals surface area (Å²) in [6.45, 7) is 3.72. The van der Waals surface area contributed by atoms with Gasteiger partial charge in [-0.1, -0.05) is 29.3 Å². The Morgan fingerprint density at radius 2 is 1.71 bits per heavy atom. The van der Waals surface area contributed by atoms with Gasteiger partial charge in [0.15, 0.2) is 0 Å². The van der Waals surface area contributed by atoms with Crippen molar-refractivity contribution in [2.24, 2.45) is 0 Å². The lowest BCUT2D eigenvalue weighted by Gasteiger charge is -2.13. The van der Waals surface area contributed by atoms with Crippen molar-refractivity contribution in [3.63, 3.8) is 0 Å². The van der Waals surface area contributed by atoms with E-state index in [0.717, 1.165) is 11.1 Å². The molecule has 112 valence electrons. The topological polar surface area (TPSA) is 55.4 Å². The summed E-state index contributed by atoms with van der Waals surface area (Å²) in [6, 6.07) is 10.1. The fraction of sp³-hybridized carbons (Fsp3) is 0.200. The van der Waals surface area contributed by atoms with E-state index >= 15 is 0 Å². The Labute approximate surface area is 129 Å². The minimum atomic E-state index is -3.77. The highest BCUT2D eigenvalue weighted by molar-refractivity contribution is 7.92. The first-order valence-corrected chi connectivity index (χ1v) is 8.13. The maximum atomic E-state index is 12.5. The molecule has 0 aromatic heterocycles. The van der Waals surface area contributed by atoms with Gasteiger partial charge in [0.2, 0.25) is 0 Å².